The molecule has 1 N–H and O–H groups in total. The number of nitrogens with zero attached hydrogens (tertiary/aromatic N) is 2. The first-order chi connectivity index (χ1) is 12.5. The van der Waals surface area contributed by atoms with Gasteiger partial charge in [0.05, 0.1) is 0 Å². The molecule has 1 aromatic carbocycles. The Morgan fingerprint density at radius 2 is 1.88 bits per heavy atom. The van der Waals surface area contributed by atoms with Gasteiger partial charge >= 0.3 is 0 Å². The van der Waals surface area contributed by atoms with E-state index in [0.717, 1.165) is 44.5 Å². The van der Waals surface area contributed by atoms with Crippen LogP contribution < -0.4 is 10.2 Å². The molecule has 26 heavy (non-hydrogen) atoms. The minimum atomic E-state index is -0.989. The number of amides is 2. The van der Waals surface area contributed by atoms with E-state index in [2.05, 4.69) is 5.32 Å². The Kier molecular flexibility index (Phi) is 4.42. The number of benzene rings is 1. The maximum absolute atomic E-state index is 13.5. The molecule has 2 amide bonds. The van der Waals surface area contributed by atoms with Crippen LogP contribution in [0.15, 0.2) is 18.2 Å². The third kappa shape index (κ3) is 2.98. The summed E-state index contributed by atoms with van der Waals surface area (Å²) in [4.78, 5) is 28.7. The van der Waals surface area contributed by atoms with Crippen molar-refractivity contribution in [2.24, 2.45) is 11.3 Å². The lowest BCUT2D eigenvalue weighted by Crippen LogP contribution is -2.47. The number of hydrogen-bond donors (Lipinski definition) is 1. The molecule has 0 aliphatic carbocycles. The lowest BCUT2D eigenvalue weighted by molar-refractivity contribution is -0.141. The van der Waals surface area contributed by atoms with Crippen molar-refractivity contribution in [3.05, 3.63) is 29.8 Å². The summed E-state index contributed by atoms with van der Waals surface area (Å²) in [5.41, 5.74) is 0.618. The fourth-order valence-corrected chi connectivity index (χ4v) is 4.46. The van der Waals surface area contributed by atoms with Gasteiger partial charge in [0.2, 0.25) is 11.8 Å². The van der Waals surface area contributed by atoms with Crippen LogP contribution in [0.3, 0.4) is 0 Å². The molecule has 3 saturated heterocycles. The second-order valence-electron chi connectivity index (χ2n) is 7.68. The molecule has 3 heterocycles. The maximum atomic E-state index is 13.5. The van der Waals surface area contributed by atoms with E-state index in [0.29, 0.717) is 37.2 Å². The SMILES string of the molecule is O=C(C1CCN(c2ccc(F)c(F)c2)C1=O)N1CCC2(CCNC2)CC1. The van der Waals surface area contributed by atoms with Gasteiger partial charge in [-0.05, 0) is 49.8 Å². The molecule has 140 valence electrons. The van der Waals surface area contributed by atoms with Crippen LogP contribution in [-0.2, 0) is 9.59 Å². The largest absolute Gasteiger partial charge is 0.342 e. The van der Waals surface area contributed by atoms with Gasteiger partial charge in [-0.3, -0.25) is 9.59 Å². The number of carbonyl (C=O) groups is 2. The number of carbonyl (C=O) groups excluding carboxylic acids is 2. The van der Waals surface area contributed by atoms with E-state index in [1.165, 1.54) is 11.0 Å². The van der Waals surface area contributed by atoms with Crippen LogP contribution in [0.2, 0.25) is 0 Å². The van der Waals surface area contributed by atoms with Gasteiger partial charge in [-0.25, -0.2) is 8.78 Å². The van der Waals surface area contributed by atoms with E-state index in [1.807, 2.05) is 0 Å². The van der Waals surface area contributed by atoms with E-state index in [-0.39, 0.29) is 11.8 Å². The zero-order valence-corrected chi connectivity index (χ0v) is 14.6. The summed E-state index contributed by atoms with van der Waals surface area (Å²) in [7, 11) is 0. The van der Waals surface area contributed by atoms with E-state index in [9.17, 15) is 18.4 Å². The molecular formula is C19H23F2N3O2. The monoisotopic (exact) mass is 363 g/mol. The predicted octanol–water partition coefficient (Wildman–Crippen LogP) is 1.92. The Morgan fingerprint density at radius 3 is 2.54 bits per heavy atom. The lowest BCUT2D eigenvalue weighted by Gasteiger charge is -2.39. The average Bonchev–Trinajstić information content (AvgIpc) is 3.25. The highest BCUT2D eigenvalue weighted by atomic mass is 19.2. The average molecular weight is 363 g/mol. The van der Waals surface area contributed by atoms with Crippen LogP contribution in [0, 0.1) is 23.0 Å². The molecule has 3 aliphatic rings. The van der Waals surface area contributed by atoms with Crippen molar-refractivity contribution in [2.45, 2.75) is 25.7 Å². The minimum absolute atomic E-state index is 0.124. The Hall–Kier alpha value is -2.02. The molecule has 1 atom stereocenters. The zero-order valence-electron chi connectivity index (χ0n) is 14.6. The van der Waals surface area contributed by atoms with Crippen molar-refractivity contribution < 1.29 is 18.4 Å². The summed E-state index contributed by atoms with van der Waals surface area (Å²) >= 11 is 0. The Labute approximate surface area is 151 Å². The standard InChI is InChI=1S/C19H23F2N3O2/c20-15-2-1-13(11-16(15)21)24-8-3-14(18(24)26)17(25)23-9-5-19(6-10-23)4-7-22-12-19/h1-2,11,14,22H,3-10,12H2. The van der Waals surface area contributed by atoms with Gasteiger partial charge in [0, 0.05) is 37.9 Å². The summed E-state index contributed by atoms with van der Waals surface area (Å²) in [6.07, 6.45) is 3.51. The summed E-state index contributed by atoms with van der Waals surface area (Å²) < 4.78 is 26.6. The zero-order chi connectivity index (χ0) is 18.3. The molecule has 1 spiro atoms. The van der Waals surface area contributed by atoms with Gasteiger partial charge < -0.3 is 15.1 Å². The normalized spacial score (nSPS) is 25.3. The van der Waals surface area contributed by atoms with Gasteiger partial charge in [0.15, 0.2) is 11.6 Å². The highest BCUT2D eigenvalue weighted by Gasteiger charge is 2.43. The van der Waals surface area contributed by atoms with Crippen molar-refractivity contribution in [2.75, 3.05) is 37.6 Å². The van der Waals surface area contributed by atoms with Crippen LogP contribution in [-0.4, -0.2) is 49.4 Å². The smallest absolute Gasteiger partial charge is 0.239 e. The molecule has 0 radical (unpaired) electrons. The van der Waals surface area contributed by atoms with Crippen LogP contribution in [0.1, 0.15) is 25.7 Å². The van der Waals surface area contributed by atoms with Gasteiger partial charge in [0.25, 0.3) is 0 Å². The predicted molar refractivity (Wildman–Crippen MR) is 92.6 cm³/mol. The van der Waals surface area contributed by atoms with E-state index < -0.39 is 17.6 Å². The molecule has 0 aromatic heterocycles. The molecule has 4 rings (SSSR count). The van der Waals surface area contributed by atoms with Crippen molar-refractivity contribution in [1.82, 2.24) is 10.2 Å². The highest BCUT2D eigenvalue weighted by molar-refractivity contribution is 6.09. The lowest BCUT2D eigenvalue weighted by atomic mass is 9.77. The first kappa shape index (κ1) is 17.4. The van der Waals surface area contributed by atoms with Gasteiger partial charge in [-0.2, -0.15) is 0 Å². The molecule has 7 heteroatoms. The minimum Gasteiger partial charge on any atom is -0.342 e. The third-order valence-corrected chi connectivity index (χ3v) is 6.19. The van der Waals surface area contributed by atoms with E-state index in [4.69, 9.17) is 0 Å². The van der Waals surface area contributed by atoms with Crippen molar-refractivity contribution in [3.8, 4) is 0 Å². The number of rotatable bonds is 2. The number of anilines is 1. The summed E-state index contributed by atoms with van der Waals surface area (Å²) in [5, 5.41) is 3.40. The number of likely N-dealkylation sites (tertiary alicyclic amines) is 1. The topological polar surface area (TPSA) is 52.7 Å². The second-order valence-corrected chi connectivity index (χ2v) is 7.68. The Bertz CT molecular complexity index is 723. The second kappa shape index (κ2) is 6.61. The molecule has 5 nitrogen and oxygen atoms in total. The molecule has 3 fully saturated rings. The molecule has 1 aromatic rings. The van der Waals surface area contributed by atoms with Crippen LogP contribution in [0.4, 0.5) is 14.5 Å². The van der Waals surface area contributed by atoms with E-state index >= 15 is 0 Å². The summed E-state index contributed by atoms with van der Waals surface area (Å²) in [6.45, 7) is 3.78. The first-order valence-electron chi connectivity index (χ1n) is 9.25. The van der Waals surface area contributed by atoms with Crippen LogP contribution in [0.5, 0.6) is 0 Å². The van der Waals surface area contributed by atoms with Gasteiger partial charge in [-0.15, -0.1) is 0 Å². The summed E-state index contributed by atoms with van der Waals surface area (Å²) in [5.74, 6) is -3.09. The number of nitrogens with one attached hydrogen (secondary N) is 1. The molecule has 3 aliphatic heterocycles. The maximum Gasteiger partial charge on any atom is 0.239 e. The van der Waals surface area contributed by atoms with Crippen molar-refractivity contribution in [1.29, 1.82) is 0 Å². The number of halogens is 2. The molecule has 0 bridgehead atoms. The van der Waals surface area contributed by atoms with Crippen molar-refractivity contribution in [3.63, 3.8) is 0 Å². The van der Waals surface area contributed by atoms with E-state index in [1.54, 1.807) is 4.90 Å². The highest BCUT2D eigenvalue weighted by Crippen LogP contribution is 2.38. The Morgan fingerprint density at radius 1 is 1.12 bits per heavy atom. The van der Waals surface area contributed by atoms with Gasteiger partial charge in [-0.1, -0.05) is 0 Å². The number of hydrogen-bond acceptors (Lipinski definition) is 3. The molecule has 0 saturated carbocycles. The fraction of sp³-hybridized carbons (Fsp3) is 0.579. The van der Waals surface area contributed by atoms with Crippen molar-refractivity contribution >= 4 is 17.5 Å². The summed E-state index contributed by atoms with van der Waals surface area (Å²) in [6, 6.07) is 3.39. The molecule has 1 unspecified atom stereocenters. The quantitative estimate of drug-likeness (QED) is 0.817. The molecular weight excluding hydrogens is 340 g/mol. The van der Waals surface area contributed by atoms with Crippen LogP contribution in [0.25, 0.3) is 0 Å². The fourth-order valence-electron chi connectivity index (χ4n) is 4.46. The van der Waals surface area contributed by atoms with Crippen LogP contribution >= 0.6 is 0 Å². The number of piperidine rings is 1. The first-order valence-corrected chi connectivity index (χ1v) is 9.25. The Balaban J connectivity index is 1.41. The third-order valence-electron chi connectivity index (χ3n) is 6.19. The van der Waals surface area contributed by atoms with Gasteiger partial charge in [0.1, 0.15) is 5.92 Å².